The Morgan fingerprint density at radius 1 is 1.56 bits per heavy atom. The Hall–Kier alpha value is -0.710. The van der Waals surface area contributed by atoms with Gasteiger partial charge in [0.05, 0.1) is 5.02 Å². The summed E-state index contributed by atoms with van der Waals surface area (Å²) in [5, 5.41) is 7.11. The molecule has 1 heterocycles. The van der Waals surface area contributed by atoms with Crippen LogP contribution in [0.4, 0.5) is 5.69 Å². The Bertz CT molecular complexity index is 478. The second-order valence-electron chi connectivity index (χ2n) is 4.42. The van der Waals surface area contributed by atoms with Crippen molar-refractivity contribution in [2.24, 2.45) is 0 Å². The lowest BCUT2D eigenvalue weighted by molar-refractivity contribution is -0.117. The zero-order valence-electron chi connectivity index (χ0n) is 10.7. The number of nitrogens with one attached hydrogen (secondary N) is 2. The van der Waals surface area contributed by atoms with Crippen molar-refractivity contribution < 1.29 is 4.79 Å². The summed E-state index contributed by atoms with van der Waals surface area (Å²) in [6, 6.07) is 3.57. The molecule has 0 aromatic heterocycles. The molecule has 0 fully saturated rings. The van der Waals surface area contributed by atoms with E-state index in [1.807, 2.05) is 12.1 Å². The van der Waals surface area contributed by atoms with Crippen molar-refractivity contribution in [3.05, 3.63) is 22.7 Å². The summed E-state index contributed by atoms with van der Waals surface area (Å²) in [5.74, 6) is -0.0192. The van der Waals surface area contributed by atoms with Crippen molar-refractivity contribution in [3.8, 4) is 0 Å². The molecule has 5 heteroatoms. The van der Waals surface area contributed by atoms with Gasteiger partial charge >= 0.3 is 0 Å². The van der Waals surface area contributed by atoms with Gasteiger partial charge in [0.15, 0.2) is 0 Å². The zero-order valence-corrected chi connectivity index (χ0v) is 12.3. The van der Waals surface area contributed by atoms with Gasteiger partial charge in [0.25, 0.3) is 0 Å². The minimum absolute atomic E-state index is 0.0192. The predicted molar refractivity (Wildman–Crippen MR) is 77.5 cm³/mol. The van der Waals surface area contributed by atoms with Gasteiger partial charge in [0, 0.05) is 21.4 Å². The number of fused-ring (bicyclic) bond motifs is 1. The molecule has 2 rings (SSSR count). The molecule has 0 spiro atoms. The highest BCUT2D eigenvalue weighted by molar-refractivity contribution is 8.00. The van der Waals surface area contributed by atoms with Gasteiger partial charge in [-0.05, 0) is 25.6 Å². The standard InChI is InChI=1S/C13H17ClN2OS/c1-4-7(2)18-11-6-10-8(5-9(11)14)12(15-3)13(17)16-10/h5-7,12,15H,4H2,1-3H3,(H,16,17). The summed E-state index contributed by atoms with van der Waals surface area (Å²) in [6.45, 7) is 4.32. The summed E-state index contributed by atoms with van der Waals surface area (Å²) in [6.07, 6.45) is 1.09. The highest BCUT2D eigenvalue weighted by Crippen LogP contribution is 2.40. The van der Waals surface area contributed by atoms with E-state index in [9.17, 15) is 4.79 Å². The van der Waals surface area contributed by atoms with E-state index in [0.717, 1.165) is 27.6 Å². The van der Waals surface area contributed by atoms with Crippen LogP contribution in [0.3, 0.4) is 0 Å². The molecule has 0 aliphatic carbocycles. The van der Waals surface area contributed by atoms with Crippen LogP contribution in [0.25, 0.3) is 0 Å². The summed E-state index contributed by atoms with van der Waals surface area (Å²) in [7, 11) is 1.77. The fraction of sp³-hybridized carbons (Fsp3) is 0.462. The molecule has 98 valence electrons. The van der Waals surface area contributed by atoms with E-state index in [1.54, 1.807) is 18.8 Å². The first kappa shape index (κ1) is 13.7. The molecular formula is C13H17ClN2OS. The van der Waals surface area contributed by atoms with Gasteiger partial charge in [0.1, 0.15) is 6.04 Å². The molecule has 1 aromatic carbocycles. The van der Waals surface area contributed by atoms with Crippen LogP contribution < -0.4 is 10.6 Å². The van der Waals surface area contributed by atoms with Crippen LogP contribution in [0.5, 0.6) is 0 Å². The number of carbonyl (C=O) groups is 1. The van der Waals surface area contributed by atoms with Gasteiger partial charge in [-0.25, -0.2) is 0 Å². The molecule has 1 aromatic rings. The van der Waals surface area contributed by atoms with Gasteiger partial charge in [-0.15, -0.1) is 11.8 Å². The molecule has 2 N–H and O–H groups in total. The summed E-state index contributed by atoms with van der Waals surface area (Å²) in [4.78, 5) is 12.8. The van der Waals surface area contributed by atoms with E-state index < -0.39 is 0 Å². The Labute approximate surface area is 117 Å². The third kappa shape index (κ3) is 2.51. The Balaban J connectivity index is 2.33. The zero-order chi connectivity index (χ0) is 13.3. The molecule has 1 aliphatic heterocycles. The van der Waals surface area contributed by atoms with E-state index in [-0.39, 0.29) is 11.9 Å². The van der Waals surface area contributed by atoms with Crippen LogP contribution in [-0.2, 0) is 4.79 Å². The number of thioether (sulfide) groups is 1. The average Bonchev–Trinajstić information content (AvgIpc) is 2.64. The second-order valence-corrected chi connectivity index (χ2v) is 6.31. The highest BCUT2D eigenvalue weighted by Gasteiger charge is 2.30. The van der Waals surface area contributed by atoms with Crippen LogP contribution in [-0.4, -0.2) is 18.2 Å². The van der Waals surface area contributed by atoms with Gasteiger partial charge < -0.3 is 10.6 Å². The first-order chi connectivity index (χ1) is 8.56. The van der Waals surface area contributed by atoms with Crippen LogP contribution in [0.1, 0.15) is 31.9 Å². The van der Waals surface area contributed by atoms with Crippen molar-refractivity contribution in [2.75, 3.05) is 12.4 Å². The monoisotopic (exact) mass is 284 g/mol. The summed E-state index contributed by atoms with van der Waals surface area (Å²) >= 11 is 8.03. The smallest absolute Gasteiger partial charge is 0.246 e. The first-order valence-electron chi connectivity index (χ1n) is 6.05. The van der Waals surface area contributed by atoms with E-state index in [4.69, 9.17) is 11.6 Å². The van der Waals surface area contributed by atoms with Gasteiger partial charge in [0.2, 0.25) is 5.91 Å². The predicted octanol–water partition coefficient (Wildman–Crippen LogP) is 3.44. The molecule has 1 amide bonds. The fourth-order valence-corrected chi connectivity index (χ4v) is 3.20. The Kier molecular flexibility index (Phi) is 4.20. The van der Waals surface area contributed by atoms with Crippen LogP contribution >= 0.6 is 23.4 Å². The lowest BCUT2D eigenvalue weighted by Crippen LogP contribution is -2.23. The minimum Gasteiger partial charge on any atom is -0.324 e. The molecule has 2 atom stereocenters. The Morgan fingerprint density at radius 3 is 2.89 bits per heavy atom. The van der Waals surface area contributed by atoms with Crippen molar-refractivity contribution in [1.29, 1.82) is 0 Å². The number of halogens is 1. The average molecular weight is 285 g/mol. The number of amides is 1. The largest absolute Gasteiger partial charge is 0.324 e. The lowest BCUT2D eigenvalue weighted by Gasteiger charge is -2.12. The maximum Gasteiger partial charge on any atom is 0.246 e. The normalized spacial score (nSPS) is 19.6. The third-order valence-electron chi connectivity index (χ3n) is 3.13. The quantitative estimate of drug-likeness (QED) is 0.832. The van der Waals surface area contributed by atoms with Crippen LogP contribution in [0, 0.1) is 0 Å². The molecule has 0 saturated carbocycles. The number of rotatable bonds is 4. The van der Waals surface area contributed by atoms with Crippen molar-refractivity contribution in [2.45, 2.75) is 36.5 Å². The Morgan fingerprint density at radius 2 is 2.28 bits per heavy atom. The number of likely N-dealkylation sites (N-methyl/N-ethyl adjacent to an activating group) is 1. The molecule has 0 radical (unpaired) electrons. The number of carbonyl (C=O) groups excluding carboxylic acids is 1. The van der Waals surface area contributed by atoms with E-state index >= 15 is 0 Å². The van der Waals surface area contributed by atoms with Crippen molar-refractivity contribution >= 4 is 35.0 Å². The van der Waals surface area contributed by atoms with Crippen LogP contribution in [0.2, 0.25) is 5.02 Å². The van der Waals surface area contributed by atoms with E-state index in [0.29, 0.717) is 5.25 Å². The van der Waals surface area contributed by atoms with Crippen LogP contribution in [0.15, 0.2) is 17.0 Å². The van der Waals surface area contributed by atoms with E-state index in [2.05, 4.69) is 24.5 Å². The molecule has 3 nitrogen and oxygen atoms in total. The number of hydrogen-bond acceptors (Lipinski definition) is 3. The maximum absolute atomic E-state index is 11.7. The minimum atomic E-state index is -0.292. The SMILES string of the molecule is CCC(C)Sc1cc2c(cc1Cl)C(NC)C(=O)N2. The number of hydrogen-bond donors (Lipinski definition) is 2. The lowest BCUT2D eigenvalue weighted by atomic mass is 10.1. The highest BCUT2D eigenvalue weighted by atomic mass is 35.5. The molecular weight excluding hydrogens is 268 g/mol. The maximum atomic E-state index is 11.7. The van der Waals surface area contributed by atoms with Gasteiger partial charge in [-0.1, -0.05) is 25.4 Å². The summed E-state index contributed by atoms with van der Waals surface area (Å²) < 4.78 is 0. The molecule has 0 bridgehead atoms. The number of anilines is 1. The first-order valence-corrected chi connectivity index (χ1v) is 7.30. The molecule has 2 unspecified atom stereocenters. The number of benzene rings is 1. The molecule has 1 aliphatic rings. The fourth-order valence-electron chi connectivity index (χ4n) is 1.94. The van der Waals surface area contributed by atoms with E-state index in [1.165, 1.54) is 0 Å². The third-order valence-corrected chi connectivity index (χ3v) is 4.88. The molecule has 0 saturated heterocycles. The van der Waals surface area contributed by atoms with Crippen molar-refractivity contribution in [1.82, 2.24) is 5.32 Å². The second kappa shape index (κ2) is 5.51. The molecule has 18 heavy (non-hydrogen) atoms. The van der Waals surface area contributed by atoms with Crippen molar-refractivity contribution in [3.63, 3.8) is 0 Å². The van der Waals surface area contributed by atoms with Gasteiger partial charge in [-0.2, -0.15) is 0 Å². The summed E-state index contributed by atoms with van der Waals surface area (Å²) in [5.41, 5.74) is 1.80. The van der Waals surface area contributed by atoms with Gasteiger partial charge in [-0.3, -0.25) is 4.79 Å². The topological polar surface area (TPSA) is 41.1 Å².